The third kappa shape index (κ3) is 3.05. The first-order chi connectivity index (χ1) is 10.3. The van der Waals surface area contributed by atoms with Gasteiger partial charge in [0.15, 0.2) is 0 Å². The lowest BCUT2D eigenvalue weighted by Crippen LogP contribution is -2.23. The van der Waals surface area contributed by atoms with Crippen LogP contribution in [0.25, 0.3) is 0 Å². The van der Waals surface area contributed by atoms with Crippen molar-refractivity contribution in [1.82, 2.24) is 5.32 Å². The Morgan fingerprint density at radius 2 is 1.73 bits per heavy atom. The quantitative estimate of drug-likeness (QED) is 0.758. The number of nitrogens with one attached hydrogen (secondary N) is 1. The predicted molar refractivity (Wildman–Crippen MR) is 100 cm³/mol. The van der Waals surface area contributed by atoms with Crippen LogP contribution in [0.5, 0.6) is 0 Å². The van der Waals surface area contributed by atoms with Crippen LogP contribution >= 0.6 is 24.2 Å². The van der Waals surface area contributed by atoms with Gasteiger partial charge in [-0.25, -0.2) is 0 Å². The molecule has 2 unspecified atom stereocenters. The van der Waals surface area contributed by atoms with Crippen molar-refractivity contribution in [3.63, 3.8) is 0 Å². The largest absolute Gasteiger partial charge is 0.320 e. The average molecular weight is 334 g/mol. The fraction of sp³-hybridized carbons (Fsp3) is 0.368. The summed E-state index contributed by atoms with van der Waals surface area (Å²) in [6.45, 7) is 3.41. The highest BCUT2D eigenvalue weighted by Crippen LogP contribution is 2.59. The molecule has 22 heavy (non-hydrogen) atoms. The lowest BCUT2D eigenvalue weighted by atomic mass is 9.84. The Labute approximate surface area is 144 Å². The first-order valence-electron chi connectivity index (χ1n) is 7.75. The SMILES string of the molecule is CNCCCC1(c2ccccc2)SC(C)c2ccccc21.Cl. The summed E-state index contributed by atoms with van der Waals surface area (Å²) in [6, 6.07) is 20.0. The summed E-state index contributed by atoms with van der Waals surface area (Å²) in [4.78, 5) is 0. The zero-order valence-electron chi connectivity index (χ0n) is 13.2. The third-order valence-corrected chi connectivity index (χ3v) is 6.08. The summed E-state index contributed by atoms with van der Waals surface area (Å²) >= 11 is 2.12. The van der Waals surface area contributed by atoms with Crippen molar-refractivity contribution in [3.05, 3.63) is 71.3 Å². The van der Waals surface area contributed by atoms with Crippen LogP contribution in [0, 0.1) is 0 Å². The number of benzene rings is 2. The van der Waals surface area contributed by atoms with Crippen LogP contribution < -0.4 is 5.32 Å². The Morgan fingerprint density at radius 3 is 2.45 bits per heavy atom. The van der Waals surface area contributed by atoms with Gasteiger partial charge in [-0.3, -0.25) is 0 Å². The van der Waals surface area contributed by atoms with Crippen molar-refractivity contribution >= 4 is 24.2 Å². The predicted octanol–water partition coefficient (Wildman–Crippen LogP) is 5.16. The van der Waals surface area contributed by atoms with Gasteiger partial charge in [0.1, 0.15) is 0 Å². The summed E-state index contributed by atoms with van der Waals surface area (Å²) in [6.07, 6.45) is 2.38. The van der Waals surface area contributed by atoms with E-state index < -0.39 is 0 Å². The molecule has 1 N–H and O–H groups in total. The lowest BCUT2D eigenvalue weighted by Gasteiger charge is -2.31. The van der Waals surface area contributed by atoms with Crippen LogP contribution in [0.4, 0.5) is 0 Å². The van der Waals surface area contributed by atoms with Crippen molar-refractivity contribution in [2.45, 2.75) is 29.8 Å². The number of hydrogen-bond donors (Lipinski definition) is 1. The standard InChI is InChI=1S/C19H23NS.ClH/c1-15-17-11-6-7-12-18(17)19(21-15,13-8-14-20-2)16-9-4-3-5-10-16;/h3-7,9-12,15,20H,8,13-14H2,1-2H3;1H. The van der Waals surface area contributed by atoms with Crippen molar-refractivity contribution in [2.24, 2.45) is 0 Å². The molecule has 3 heteroatoms. The van der Waals surface area contributed by atoms with Gasteiger partial charge in [-0.1, -0.05) is 54.6 Å². The maximum absolute atomic E-state index is 3.29. The zero-order chi connectivity index (χ0) is 14.7. The minimum atomic E-state index is 0. The highest BCUT2D eigenvalue weighted by molar-refractivity contribution is 8.01. The summed E-state index contributed by atoms with van der Waals surface area (Å²) in [5.74, 6) is 0. The van der Waals surface area contributed by atoms with E-state index in [1.807, 2.05) is 7.05 Å². The third-order valence-electron chi connectivity index (χ3n) is 4.41. The molecule has 0 bridgehead atoms. The van der Waals surface area contributed by atoms with E-state index in [1.54, 1.807) is 0 Å². The van der Waals surface area contributed by atoms with E-state index in [0.717, 1.165) is 6.54 Å². The molecule has 1 heterocycles. The molecule has 2 aromatic rings. The van der Waals surface area contributed by atoms with Gasteiger partial charge >= 0.3 is 0 Å². The van der Waals surface area contributed by atoms with E-state index in [9.17, 15) is 0 Å². The number of fused-ring (bicyclic) bond motifs is 1. The first kappa shape index (κ1) is 17.4. The molecule has 0 aliphatic carbocycles. The van der Waals surface area contributed by atoms with E-state index in [2.05, 4.69) is 78.6 Å². The molecule has 0 spiro atoms. The number of thioether (sulfide) groups is 1. The van der Waals surface area contributed by atoms with Gasteiger partial charge in [0.2, 0.25) is 0 Å². The maximum atomic E-state index is 3.29. The number of halogens is 1. The van der Waals surface area contributed by atoms with Gasteiger partial charge in [0.05, 0.1) is 4.75 Å². The second-order valence-electron chi connectivity index (χ2n) is 5.75. The molecular formula is C19H24ClNS. The molecule has 0 amide bonds. The molecule has 0 fully saturated rings. The second-order valence-corrected chi connectivity index (χ2v) is 7.39. The molecular weight excluding hydrogens is 310 g/mol. The molecule has 0 saturated heterocycles. The summed E-state index contributed by atoms with van der Waals surface area (Å²) in [5, 5.41) is 3.85. The molecule has 0 radical (unpaired) electrons. The number of rotatable bonds is 5. The Morgan fingerprint density at radius 1 is 1.05 bits per heavy atom. The molecule has 1 aliphatic rings. The van der Waals surface area contributed by atoms with E-state index in [0.29, 0.717) is 5.25 Å². The van der Waals surface area contributed by atoms with E-state index in [1.165, 1.54) is 29.5 Å². The monoisotopic (exact) mass is 333 g/mol. The van der Waals surface area contributed by atoms with Crippen molar-refractivity contribution in [1.29, 1.82) is 0 Å². The molecule has 1 nitrogen and oxygen atoms in total. The normalized spacial score (nSPS) is 22.9. The molecule has 118 valence electrons. The van der Waals surface area contributed by atoms with Gasteiger partial charge in [-0.2, -0.15) is 0 Å². The van der Waals surface area contributed by atoms with Crippen LogP contribution in [-0.2, 0) is 4.75 Å². The highest BCUT2D eigenvalue weighted by atomic mass is 35.5. The van der Waals surface area contributed by atoms with Crippen molar-refractivity contribution in [3.8, 4) is 0 Å². The zero-order valence-corrected chi connectivity index (χ0v) is 14.8. The summed E-state index contributed by atoms with van der Waals surface area (Å²) < 4.78 is 0.119. The van der Waals surface area contributed by atoms with Gasteiger partial charge in [0.25, 0.3) is 0 Å². The summed E-state index contributed by atoms with van der Waals surface area (Å²) in [7, 11) is 2.04. The lowest BCUT2D eigenvalue weighted by molar-refractivity contribution is 0.598. The number of hydrogen-bond acceptors (Lipinski definition) is 2. The first-order valence-corrected chi connectivity index (χ1v) is 8.63. The summed E-state index contributed by atoms with van der Waals surface area (Å²) in [5.41, 5.74) is 4.48. The minimum Gasteiger partial charge on any atom is -0.320 e. The molecule has 1 aliphatic heterocycles. The fourth-order valence-corrected chi connectivity index (χ4v) is 5.21. The Kier molecular flexibility index (Phi) is 5.96. The maximum Gasteiger partial charge on any atom is 0.0666 e. The van der Waals surface area contributed by atoms with Crippen molar-refractivity contribution < 1.29 is 0 Å². The molecule has 0 saturated carbocycles. The Bertz CT molecular complexity index is 601. The van der Waals surface area contributed by atoms with Crippen LogP contribution in [-0.4, -0.2) is 13.6 Å². The van der Waals surface area contributed by atoms with Gasteiger partial charge in [-0.15, -0.1) is 24.2 Å². The van der Waals surface area contributed by atoms with Crippen LogP contribution in [0.2, 0.25) is 0 Å². The fourth-order valence-electron chi connectivity index (χ4n) is 3.43. The smallest absolute Gasteiger partial charge is 0.0666 e. The molecule has 3 rings (SSSR count). The van der Waals surface area contributed by atoms with E-state index >= 15 is 0 Å². The molecule has 0 aromatic heterocycles. The molecule has 2 atom stereocenters. The average Bonchev–Trinajstić information content (AvgIpc) is 2.83. The minimum absolute atomic E-state index is 0. The second kappa shape index (κ2) is 7.54. The van der Waals surface area contributed by atoms with E-state index in [4.69, 9.17) is 0 Å². The van der Waals surface area contributed by atoms with Crippen molar-refractivity contribution in [2.75, 3.05) is 13.6 Å². The van der Waals surface area contributed by atoms with Crippen LogP contribution in [0.15, 0.2) is 54.6 Å². The molecule has 2 aromatic carbocycles. The Hall–Kier alpha value is -0.960. The van der Waals surface area contributed by atoms with Gasteiger partial charge in [0, 0.05) is 5.25 Å². The van der Waals surface area contributed by atoms with Crippen LogP contribution in [0.3, 0.4) is 0 Å². The topological polar surface area (TPSA) is 12.0 Å². The van der Waals surface area contributed by atoms with Gasteiger partial charge in [-0.05, 0) is 50.0 Å². The van der Waals surface area contributed by atoms with E-state index in [-0.39, 0.29) is 17.2 Å². The Balaban J connectivity index is 0.00000176. The highest BCUT2D eigenvalue weighted by Gasteiger charge is 2.43. The van der Waals surface area contributed by atoms with Crippen LogP contribution in [0.1, 0.15) is 41.7 Å². The van der Waals surface area contributed by atoms with Gasteiger partial charge < -0.3 is 5.32 Å².